The van der Waals surface area contributed by atoms with E-state index in [9.17, 15) is 0 Å². The van der Waals surface area contributed by atoms with E-state index in [4.69, 9.17) is 23.7 Å². The van der Waals surface area contributed by atoms with E-state index in [0.717, 1.165) is 32.7 Å². The summed E-state index contributed by atoms with van der Waals surface area (Å²) in [6.07, 6.45) is 2.84. The Kier molecular flexibility index (Phi) is 6.37. The Bertz CT molecular complexity index is 215. The Hall–Kier alpha value is -0.200. The SMILES string of the molecule is CCCCOCC(COCC1CO1)OCC1CO1. The fraction of sp³-hybridized carbons (Fsp3) is 1.00. The first-order valence-corrected chi connectivity index (χ1v) is 6.88. The van der Waals surface area contributed by atoms with Crippen molar-refractivity contribution >= 4 is 0 Å². The number of rotatable bonds is 12. The number of ether oxygens (including phenoxy) is 5. The van der Waals surface area contributed by atoms with Crippen molar-refractivity contribution in [3.8, 4) is 0 Å². The highest BCUT2D eigenvalue weighted by Crippen LogP contribution is 2.12. The molecule has 0 N–H and O–H groups in total. The molecule has 0 bridgehead atoms. The fourth-order valence-electron chi connectivity index (χ4n) is 1.51. The Morgan fingerprint density at radius 3 is 2.39 bits per heavy atom. The van der Waals surface area contributed by atoms with Crippen LogP contribution in [-0.2, 0) is 23.7 Å². The third-order valence-electron chi connectivity index (χ3n) is 2.88. The molecule has 3 atom stereocenters. The molecule has 18 heavy (non-hydrogen) atoms. The standard InChI is InChI=1S/C13H24O5/c1-2-3-4-14-5-11(16-9-13-10-18-13)6-15-7-12-8-17-12/h11-13H,2-10H2,1H3. The first-order valence-electron chi connectivity index (χ1n) is 6.88. The van der Waals surface area contributed by atoms with Crippen LogP contribution in [0.1, 0.15) is 19.8 Å². The molecule has 2 heterocycles. The molecular formula is C13H24O5. The van der Waals surface area contributed by atoms with Gasteiger partial charge in [0.25, 0.3) is 0 Å². The third kappa shape index (κ3) is 6.66. The normalized spacial score (nSPS) is 27.2. The van der Waals surface area contributed by atoms with Gasteiger partial charge in [0.05, 0.1) is 39.6 Å². The average molecular weight is 260 g/mol. The zero-order valence-electron chi connectivity index (χ0n) is 11.1. The second kappa shape index (κ2) is 8.07. The van der Waals surface area contributed by atoms with E-state index in [1.807, 2.05) is 0 Å². The lowest BCUT2D eigenvalue weighted by molar-refractivity contribution is -0.0649. The van der Waals surface area contributed by atoms with Crippen LogP contribution in [0.5, 0.6) is 0 Å². The predicted molar refractivity (Wildman–Crippen MR) is 65.8 cm³/mol. The van der Waals surface area contributed by atoms with Gasteiger partial charge in [-0.2, -0.15) is 0 Å². The molecule has 2 saturated heterocycles. The van der Waals surface area contributed by atoms with E-state index in [1.54, 1.807) is 0 Å². The van der Waals surface area contributed by atoms with Crippen LogP contribution in [0.2, 0.25) is 0 Å². The molecule has 2 aliphatic rings. The van der Waals surface area contributed by atoms with Crippen LogP contribution >= 0.6 is 0 Å². The Morgan fingerprint density at radius 2 is 1.72 bits per heavy atom. The molecule has 3 unspecified atom stereocenters. The molecule has 0 aromatic rings. The summed E-state index contributed by atoms with van der Waals surface area (Å²) < 4.78 is 27.1. The van der Waals surface area contributed by atoms with Crippen LogP contribution in [0.4, 0.5) is 0 Å². The van der Waals surface area contributed by atoms with Crippen molar-refractivity contribution in [2.45, 2.75) is 38.1 Å². The van der Waals surface area contributed by atoms with Crippen LogP contribution in [0, 0.1) is 0 Å². The second-order valence-corrected chi connectivity index (χ2v) is 4.83. The van der Waals surface area contributed by atoms with Gasteiger partial charge in [0.1, 0.15) is 18.3 Å². The predicted octanol–water partition coefficient (Wildman–Crippen LogP) is 1.00. The van der Waals surface area contributed by atoms with Gasteiger partial charge >= 0.3 is 0 Å². The van der Waals surface area contributed by atoms with Crippen LogP contribution in [0.3, 0.4) is 0 Å². The Morgan fingerprint density at radius 1 is 1.06 bits per heavy atom. The van der Waals surface area contributed by atoms with Gasteiger partial charge in [0.2, 0.25) is 0 Å². The highest BCUT2D eigenvalue weighted by atomic mass is 16.6. The summed E-state index contributed by atoms with van der Waals surface area (Å²) in [5.41, 5.74) is 0. The van der Waals surface area contributed by atoms with E-state index in [-0.39, 0.29) is 12.2 Å². The summed E-state index contributed by atoms with van der Waals surface area (Å²) in [5, 5.41) is 0. The van der Waals surface area contributed by atoms with E-state index >= 15 is 0 Å². The number of epoxide rings is 2. The third-order valence-corrected chi connectivity index (χ3v) is 2.88. The van der Waals surface area contributed by atoms with Crippen LogP contribution in [0.25, 0.3) is 0 Å². The van der Waals surface area contributed by atoms with Crippen LogP contribution < -0.4 is 0 Å². The molecule has 0 aromatic carbocycles. The van der Waals surface area contributed by atoms with Crippen molar-refractivity contribution in [1.29, 1.82) is 0 Å². The van der Waals surface area contributed by atoms with Crippen molar-refractivity contribution in [2.24, 2.45) is 0 Å². The molecule has 5 nitrogen and oxygen atoms in total. The van der Waals surface area contributed by atoms with Crippen LogP contribution in [0.15, 0.2) is 0 Å². The van der Waals surface area contributed by atoms with Gasteiger partial charge < -0.3 is 23.7 Å². The lowest BCUT2D eigenvalue weighted by Gasteiger charge is -2.17. The van der Waals surface area contributed by atoms with E-state index < -0.39 is 0 Å². The molecule has 106 valence electrons. The summed E-state index contributed by atoms with van der Waals surface area (Å²) in [5.74, 6) is 0. The lowest BCUT2D eigenvalue weighted by atomic mass is 10.3. The molecule has 0 spiro atoms. The average Bonchev–Trinajstić information content (AvgIpc) is 3.25. The van der Waals surface area contributed by atoms with Crippen molar-refractivity contribution in [2.75, 3.05) is 46.2 Å². The summed E-state index contributed by atoms with van der Waals surface area (Å²) in [6, 6.07) is 0. The largest absolute Gasteiger partial charge is 0.379 e. The summed E-state index contributed by atoms with van der Waals surface area (Å²) in [6.45, 7) is 7.06. The van der Waals surface area contributed by atoms with Gasteiger partial charge in [-0.05, 0) is 6.42 Å². The molecule has 5 heteroatoms. The van der Waals surface area contributed by atoms with E-state index in [2.05, 4.69) is 6.92 Å². The molecule has 0 aromatic heterocycles. The van der Waals surface area contributed by atoms with Gasteiger partial charge in [-0.1, -0.05) is 13.3 Å². The maximum absolute atomic E-state index is 5.73. The molecule has 0 saturated carbocycles. The molecule has 0 aliphatic carbocycles. The van der Waals surface area contributed by atoms with Gasteiger partial charge in [-0.3, -0.25) is 0 Å². The first-order chi connectivity index (χ1) is 8.88. The minimum Gasteiger partial charge on any atom is -0.379 e. The zero-order chi connectivity index (χ0) is 12.6. The molecular weight excluding hydrogens is 236 g/mol. The van der Waals surface area contributed by atoms with Gasteiger partial charge in [0.15, 0.2) is 0 Å². The van der Waals surface area contributed by atoms with E-state index in [0.29, 0.717) is 32.5 Å². The topological polar surface area (TPSA) is 52.8 Å². The van der Waals surface area contributed by atoms with Gasteiger partial charge in [0, 0.05) is 6.61 Å². The number of hydrogen-bond donors (Lipinski definition) is 0. The molecule has 0 amide bonds. The Balaban J connectivity index is 1.53. The number of unbranched alkanes of at least 4 members (excludes halogenated alkanes) is 1. The highest BCUT2D eigenvalue weighted by Gasteiger charge is 2.26. The fourth-order valence-corrected chi connectivity index (χ4v) is 1.51. The minimum absolute atomic E-state index is 0.00445. The molecule has 0 radical (unpaired) electrons. The zero-order valence-corrected chi connectivity index (χ0v) is 11.1. The van der Waals surface area contributed by atoms with Crippen molar-refractivity contribution in [3.05, 3.63) is 0 Å². The summed E-state index contributed by atoms with van der Waals surface area (Å²) >= 11 is 0. The minimum atomic E-state index is 0.00445. The second-order valence-electron chi connectivity index (χ2n) is 4.83. The number of hydrogen-bond acceptors (Lipinski definition) is 5. The molecule has 2 rings (SSSR count). The maximum atomic E-state index is 5.73. The van der Waals surface area contributed by atoms with Crippen LogP contribution in [-0.4, -0.2) is 64.6 Å². The van der Waals surface area contributed by atoms with Crippen molar-refractivity contribution in [3.63, 3.8) is 0 Å². The summed E-state index contributed by atoms with van der Waals surface area (Å²) in [4.78, 5) is 0. The van der Waals surface area contributed by atoms with E-state index in [1.165, 1.54) is 0 Å². The summed E-state index contributed by atoms with van der Waals surface area (Å²) in [7, 11) is 0. The molecule has 2 aliphatic heterocycles. The Labute approximate surface area is 109 Å². The van der Waals surface area contributed by atoms with Crippen molar-refractivity contribution < 1.29 is 23.7 Å². The first kappa shape index (κ1) is 14.2. The smallest absolute Gasteiger partial charge is 0.104 e. The maximum Gasteiger partial charge on any atom is 0.104 e. The van der Waals surface area contributed by atoms with Gasteiger partial charge in [-0.25, -0.2) is 0 Å². The lowest BCUT2D eigenvalue weighted by Crippen LogP contribution is -2.28. The van der Waals surface area contributed by atoms with Crippen molar-refractivity contribution in [1.82, 2.24) is 0 Å². The quantitative estimate of drug-likeness (QED) is 0.387. The molecule has 2 fully saturated rings. The highest BCUT2D eigenvalue weighted by molar-refractivity contribution is 4.70. The van der Waals surface area contributed by atoms with Gasteiger partial charge in [-0.15, -0.1) is 0 Å². The monoisotopic (exact) mass is 260 g/mol.